The maximum absolute atomic E-state index is 11.3. The van der Waals surface area contributed by atoms with Crippen LogP contribution in [0.15, 0.2) is 47.0 Å². The van der Waals surface area contributed by atoms with Crippen LogP contribution in [-0.2, 0) is 4.79 Å². The van der Waals surface area contributed by atoms with Crippen molar-refractivity contribution in [2.75, 3.05) is 5.32 Å². The van der Waals surface area contributed by atoms with E-state index in [1.807, 2.05) is 26.0 Å². The number of hydrogen-bond acceptors (Lipinski definition) is 3. The number of thiol groups is 1. The van der Waals surface area contributed by atoms with Crippen molar-refractivity contribution in [2.24, 2.45) is 0 Å². The molecule has 0 saturated carbocycles. The molecule has 2 N–H and O–H groups in total. The van der Waals surface area contributed by atoms with Crippen molar-refractivity contribution in [3.8, 4) is 0 Å². The van der Waals surface area contributed by atoms with Gasteiger partial charge in [0.05, 0.1) is 11.3 Å². The van der Waals surface area contributed by atoms with Gasteiger partial charge in [-0.05, 0) is 38.1 Å². The fraction of sp³-hybridized carbons (Fsp3) is 0.250. The molecule has 0 aliphatic carbocycles. The summed E-state index contributed by atoms with van der Waals surface area (Å²) in [5.41, 5.74) is 0.325. The summed E-state index contributed by atoms with van der Waals surface area (Å²) in [7, 11) is 0. The first kappa shape index (κ1) is 20.5. The Balaban J connectivity index is 0.000000626. The van der Waals surface area contributed by atoms with Crippen molar-refractivity contribution in [3.63, 3.8) is 0 Å². The lowest BCUT2D eigenvalue weighted by Gasteiger charge is -2.06. The van der Waals surface area contributed by atoms with E-state index in [0.29, 0.717) is 9.72 Å². The Kier molecular flexibility index (Phi) is 10.3. The van der Waals surface area contributed by atoms with E-state index in [1.165, 1.54) is 18.2 Å². The second-order valence-corrected chi connectivity index (χ2v) is 5.98. The molecular weight excluding hydrogens is 366 g/mol. The molecular formula is C16H20BrNO3S. The number of carboxylic acids is 1. The number of anilines is 1. The molecule has 0 bridgehead atoms. The van der Waals surface area contributed by atoms with Gasteiger partial charge in [0.1, 0.15) is 0 Å². The summed E-state index contributed by atoms with van der Waals surface area (Å²) in [6.45, 7) is 5.73. The van der Waals surface area contributed by atoms with Gasteiger partial charge in [0.15, 0.2) is 0 Å². The molecule has 22 heavy (non-hydrogen) atoms. The molecule has 0 spiro atoms. The monoisotopic (exact) mass is 385 g/mol. The van der Waals surface area contributed by atoms with E-state index in [9.17, 15) is 9.59 Å². The van der Waals surface area contributed by atoms with Crippen LogP contribution in [0.1, 0.15) is 31.1 Å². The van der Waals surface area contributed by atoms with E-state index in [0.717, 1.165) is 0 Å². The van der Waals surface area contributed by atoms with E-state index >= 15 is 0 Å². The number of nitrogens with one attached hydrogen (secondary N) is 1. The Morgan fingerprint density at radius 1 is 1.32 bits per heavy atom. The molecule has 0 aliphatic heterocycles. The summed E-state index contributed by atoms with van der Waals surface area (Å²) >= 11 is 7.26. The number of benzene rings is 1. The first-order valence-electron chi connectivity index (χ1n) is 6.59. The SMILES string of the molecule is C/C=C/C(=O)Nc1ccc(Br)cc1C(=O)O.C/C=C\C(C)S. The van der Waals surface area contributed by atoms with Crippen LogP contribution in [0.2, 0.25) is 0 Å². The largest absolute Gasteiger partial charge is 0.478 e. The molecule has 1 amide bonds. The Labute approximate surface area is 144 Å². The second kappa shape index (κ2) is 11.1. The standard InChI is InChI=1S/C11H10BrNO3.C5H10S/c1-2-3-10(14)13-9-5-4-7(12)6-8(9)11(15)16;1-3-4-5(2)6/h2-6H,1H3,(H,13,14)(H,15,16);3-6H,1-2H3/b3-2+;4-3-. The third-order valence-electron chi connectivity index (χ3n) is 2.26. The summed E-state index contributed by atoms with van der Waals surface area (Å²) in [4.78, 5) is 22.2. The number of aromatic carboxylic acids is 1. The predicted molar refractivity (Wildman–Crippen MR) is 97.8 cm³/mol. The number of halogens is 1. The average Bonchev–Trinajstić information content (AvgIpc) is 2.41. The van der Waals surface area contributed by atoms with Crippen LogP contribution in [0.3, 0.4) is 0 Å². The molecule has 0 radical (unpaired) electrons. The van der Waals surface area contributed by atoms with Crippen LogP contribution >= 0.6 is 28.6 Å². The molecule has 1 aromatic rings. The second-order valence-electron chi connectivity index (χ2n) is 4.25. The normalized spacial score (nSPS) is 11.9. The van der Waals surface area contributed by atoms with E-state index in [4.69, 9.17) is 5.11 Å². The zero-order chi connectivity index (χ0) is 17.1. The zero-order valence-electron chi connectivity index (χ0n) is 12.7. The molecule has 0 saturated heterocycles. The van der Waals surface area contributed by atoms with Crippen molar-refractivity contribution >= 4 is 46.1 Å². The van der Waals surface area contributed by atoms with Crippen LogP contribution in [0.25, 0.3) is 0 Å². The number of rotatable bonds is 4. The summed E-state index contributed by atoms with van der Waals surface area (Å²) in [5, 5.41) is 11.8. The highest BCUT2D eigenvalue weighted by atomic mass is 79.9. The fourth-order valence-electron chi connectivity index (χ4n) is 1.41. The first-order valence-corrected chi connectivity index (χ1v) is 7.90. The van der Waals surface area contributed by atoms with Crippen molar-refractivity contribution < 1.29 is 14.7 Å². The van der Waals surface area contributed by atoms with Crippen molar-refractivity contribution in [2.45, 2.75) is 26.0 Å². The molecule has 120 valence electrons. The number of amides is 1. The Morgan fingerprint density at radius 3 is 2.36 bits per heavy atom. The van der Waals surface area contributed by atoms with Gasteiger partial charge in [-0.15, -0.1) is 0 Å². The topological polar surface area (TPSA) is 66.4 Å². The third kappa shape index (κ3) is 8.69. The third-order valence-corrected chi connectivity index (χ3v) is 2.92. The molecule has 1 unspecified atom stereocenters. The van der Waals surface area contributed by atoms with E-state index in [2.05, 4.69) is 33.9 Å². The highest BCUT2D eigenvalue weighted by molar-refractivity contribution is 9.10. The molecule has 0 fully saturated rings. The fourth-order valence-corrected chi connectivity index (χ4v) is 1.94. The minimum absolute atomic E-state index is 0.0484. The maximum atomic E-state index is 11.3. The average molecular weight is 386 g/mol. The number of carbonyl (C=O) groups is 2. The highest BCUT2D eigenvalue weighted by Crippen LogP contribution is 2.21. The number of carbonyl (C=O) groups excluding carboxylic acids is 1. The lowest BCUT2D eigenvalue weighted by molar-refractivity contribution is -0.111. The molecule has 1 rings (SSSR count). The van der Waals surface area contributed by atoms with Crippen LogP contribution < -0.4 is 5.32 Å². The van der Waals surface area contributed by atoms with Gasteiger partial charge in [-0.3, -0.25) is 4.79 Å². The Morgan fingerprint density at radius 2 is 1.95 bits per heavy atom. The summed E-state index contributed by atoms with van der Waals surface area (Å²) < 4.78 is 0.647. The molecule has 4 nitrogen and oxygen atoms in total. The predicted octanol–water partition coefficient (Wildman–Crippen LogP) is 4.54. The minimum atomic E-state index is -1.09. The molecule has 1 aromatic carbocycles. The van der Waals surface area contributed by atoms with Gasteiger partial charge < -0.3 is 10.4 Å². The molecule has 0 aromatic heterocycles. The quantitative estimate of drug-likeness (QED) is 0.404. The maximum Gasteiger partial charge on any atom is 0.337 e. The van der Waals surface area contributed by atoms with Crippen LogP contribution in [0.5, 0.6) is 0 Å². The molecule has 6 heteroatoms. The van der Waals surface area contributed by atoms with E-state index in [-0.39, 0.29) is 17.2 Å². The van der Waals surface area contributed by atoms with Crippen LogP contribution in [0.4, 0.5) is 5.69 Å². The van der Waals surface area contributed by atoms with Gasteiger partial charge in [0.2, 0.25) is 5.91 Å². The zero-order valence-corrected chi connectivity index (χ0v) is 15.2. The number of allylic oxidation sites excluding steroid dienone is 2. The van der Waals surface area contributed by atoms with Crippen LogP contribution in [-0.4, -0.2) is 22.2 Å². The Bertz CT molecular complexity index is 569. The number of hydrogen-bond donors (Lipinski definition) is 3. The smallest absolute Gasteiger partial charge is 0.337 e. The highest BCUT2D eigenvalue weighted by Gasteiger charge is 2.11. The lowest BCUT2D eigenvalue weighted by Crippen LogP contribution is -2.11. The molecule has 0 heterocycles. The van der Waals surface area contributed by atoms with Gasteiger partial charge in [0.25, 0.3) is 0 Å². The van der Waals surface area contributed by atoms with Crippen molar-refractivity contribution in [1.82, 2.24) is 0 Å². The summed E-state index contributed by atoms with van der Waals surface area (Å²) in [5.74, 6) is -1.44. The van der Waals surface area contributed by atoms with Crippen molar-refractivity contribution in [1.29, 1.82) is 0 Å². The molecule has 0 aliphatic rings. The minimum Gasteiger partial charge on any atom is -0.478 e. The lowest BCUT2D eigenvalue weighted by atomic mass is 10.2. The molecule has 1 atom stereocenters. The van der Waals surface area contributed by atoms with E-state index < -0.39 is 5.97 Å². The first-order chi connectivity index (χ1) is 10.3. The van der Waals surface area contributed by atoms with Crippen molar-refractivity contribution in [3.05, 3.63) is 52.5 Å². The summed E-state index contributed by atoms with van der Waals surface area (Å²) in [6, 6.07) is 4.64. The Hall–Kier alpha value is -1.53. The van der Waals surface area contributed by atoms with Gasteiger partial charge in [-0.25, -0.2) is 4.79 Å². The van der Waals surface area contributed by atoms with E-state index in [1.54, 1.807) is 19.1 Å². The van der Waals surface area contributed by atoms with Gasteiger partial charge in [-0.1, -0.05) is 41.1 Å². The number of carboxylic acid groups (broad SMARTS) is 1. The van der Waals surface area contributed by atoms with Gasteiger partial charge in [-0.2, -0.15) is 12.6 Å². The summed E-state index contributed by atoms with van der Waals surface area (Å²) in [6.07, 6.45) is 6.93. The van der Waals surface area contributed by atoms with Gasteiger partial charge in [0, 0.05) is 9.72 Å². The van der Waals surface area contributed by atoms with Crippen LogP contribution in [0, 0.1) is 0 Å². The van der Waals surface area contributed by atoms with Gasteiger partial charge >= 0.3 is 5.97 Å².